The van der Waals surface area contributed by atoms with E-state index in [1.54, 1.807) is 0 Å². The van der Waals surface area contributed by atoms with Crippen LogP contribution in [0.1, 0.15) is 37.8 Å². The molecule has 0 radical (unpaired) electrons. The lowest BCUT2D eigenvalue weighted by Crippen LogP contribution is -2.11. The Labute approximate surface area is 144 Å². The van der Waals surface area contributed by atoms with Crippen molar-refractivity contribution in [2.45, 2.75) is 32.2 Å². The van der Waals surface area contributed by atoms with Gasteiger partial charge < -0.3 is 5.32 Å². The van der Waals surface area contributed by atoms with Gasteiger partial charge >= 0.3 is 0 Å². The van der Waals surface area contributed by atoms with Gasteiger partial charge in [-0.2, -0.15) is 0 Å². The van der Waals surface area contributed by atoms with Crippen LogP contribution >= 0.6 is 34.2 Å². The summed E-state index contributed by atoms with van der Waals surface area (Å²) >= 11 is 8.53. The van der Waals surface area contributed by atoms with Gasteiger partial charge in [-0.15, -0.1) is 0 Å². The minimum atomic E-state index is -0.208. The monoisotopic (exact) mass is 417 g/mol. The van der Waals surface area contributed by atoms with Crippen molar-refractivity contribution >= 4 is 39.9 Å². The van der Waals surface area contributed by atoms with Crippen molar-refractivity contribution in [3.63, 3.8) is 0 Å². The SMILES string of the molecule is CCCCC(Nc1ccc(I)cc1Cl)c1ccc(F)cc1. The first-order valence-corrected chi connectivity index (χ1v) is 8.53. The number of rotatable bonds is 6. The second kappa shape index (κ2) is 7.99. The maximum absolute atomic E-state index is 13.1. The lowest BCUT2D eigenvalue weighted by Gasteiger charge is -2.21. The van der Waals surface area contributed by atoms with Crippen LogP contribution in [-0.2, 0) is 0 Å². The van der Waals surface area contributed by atoms with Gasteiger partial charge in [-0.25, -0.2) is 4.39 Å². The fraction of sp³-hybridized carbons (Fsp3) is 0.294. The Morgan fingerprint density at radius 3 is 2.52 bits per heavy atom. The first-order valence-electron chi connectivity index (χ1n) is 7.07. The van der Waals surface area contributed by atoms with Gasteiger partial charge in [0.15, 0.2) is 0 Å². The van der Waals surface area contributed by atoms with Crippen molar-refractivity contribution in [1.29, 1.82) is 0 Å². The summed E-state index contributed by atoms with van der Waals surface area (Å²) in [7, 11) is 0. The van der Waals surface area contributed by atoms with Gasteiger partial charge in [0, 0.05) is 3.57 Å². The van der Waals surface area contributed by atoms with E-state index in [4.69, 9.17) is 11.6 Å². The molecule has 1 unspecified atom stereocenters. The van der Waals surface area contributed by atoms with Crippen LogP contribution in [0.4, 0.5) is 10.1 Å². The summed E-state index contributed by atoms with van der Waals surface area (Å²) in [6, 6.07) is 12.8. The third-order valence-electron chi connectivity index (χ3n) is 3.38. The Morgan fingerprint density at radius 1 is 1.19 bits per heavy atom. The van der Waals surface area contributed by atoms with E-state index in [9.17, 15) is 4.39 Å². The number of benzene rings is 2. The highest BCUT2D eigenvalue weighted by Crippen LogP contribution is 2.30. The van der Waals surface area contributed by atoms with Gasteiger partial charge in [-0.1, -0.05) is 43.5 Å². The van der Waals surface area contributed by atoms with Gasteiger partial charge in [0.1, 0.15) is 5.82 Å². The Hall–Kier alpha value is -0.810. The Bertz CT molecular complexity index is 586. The number of anilines is 1. The van der Waals surface area contributed by atoms with Crippen molar-refractivity contribution < 1.29 is 4.39 Å². The number of nitrogens with one attached hydrogen (secondary N) is 1. The molecule has 0 saturated carbocycles. The molecule has 0 aliphatic carbocycles. The van der Waals surface area contributed by atoms with E-state index in [1.165, 1.54) is 12.1 Å². The van der Waals surface area contributed by atoms with Gasteiger partial charge in [0.25, 0.3) is 0 Å². The van der Waals surface area contributed by atoms with E-state index < -0.39 is 0 Å². The van der Waals surface area contributed by atoms with Crippen LogP contribution in [0.3, 0.4) is 0 Å². The van der Waals surface area contributed by atoms with Crippen LogP contribution in [0.15, 0.2) is 42.5 Å². The molecule has 2 aromatic carbocycles. The van der Waals surface area contributed by atoms with Crippen LogP contribution in [0.25, 0.3) is 0 Å². The molecule has 0 spiro atoms. The topological polar surface area (TPSA) is 12.0 Å². The Kier molecular flexibility index (Phi) is 6.30. The van der Waals surface area contributed by atoms with Gasteiger partial charge in [-0.05, 0) is 64.9 Å². The van der Waals surface area contributed by atoms with Crippen molar-refractivity contribution in [1.82, 2.24) is 0 Å². The van der Waals surface area contributed by atoms with Crippen molar-refractivity contribution in [2.75, 3.05) is 5.32 Å². The molecular formula is C17H18ClFIN. The fourth-order valence-corrected chi connectivity index (χ4v) is 3.13. The molecule has 2 aromatic rings. The normalized spacial score (nSPS) is 12.2. The molecule has 0 heterocycles. The summed E-state index contributed by atoms with van der Waals surface area (Å²) in [5.41, 5.74) is 2.00. The number of hydrogen-bond donors (Lipinski definition) is 1. The van der Waals surface area contributed by atoms with Crippen LogP contribution < -0.4 is 5.32 Å². The molecule has 1 atom stereocenters. The first-order chi connectivity index (χ1) is 10.1. The van der Waals surface area contributed by atoms with Crippen LogP contribution in [0, 0.1) is 9.39 Å². The van der Waals surface area contributed by atoms with E-state index in [1.807, 2.05) is 30.3 Å². The summed E-state index contributed by atoms with van der Waals surface area (Å²) in [4.78, 5) is 0. The smallest absolute Gasteiger partial charge is 0.123 e. The largest absolute Gasteiger partial charge is 0.377 e. The van der Waals surface area contributed by atoms with Gasteiger partial charge in [0.05, 0.1) is 16.8 Å². The van der Waals surface area contributed by atoms with E-state index in [-0.39, 0.29) is 11.9 Å². The van der Waals surface area contributed by atoms with E-state index >= 15 is 0 Å². The molecule has 2 rings (SSSR count). The van der Waals surface area contributed by atoms with Crippen LogP contribution in [0.2, 0.25) is 5.02 Å². The second-order valence-electron chi connectivity index (χ2n) is 5.01. The van der Waals surface area contributed by atoms with E-state index in [0.717, 1.165) is 34.1 Å². The summed E-state index contributed by atoms with van der Waals surface area (Å²) in [6.07, 6.45) is 3.22. The Balaban J connectivity index is 2.21. The Morgan fingerprint density at radius 2 is 1.90 bits per heavy atom. The summed E-state index contributed by atoms with van der Waals surface area (Å²) in [5.74, 6) is -0.208. The van der Waals surface area contributed by atoms with Crippen molar-refractivity contribution in [3.8, 4) is 0 Å². The standard InChI is InChI=1S/C17H18ClFIN/c1-2-3-4-16(12-5-7-13(19)8-6-12)21-17-10-9-14(20)11-15(17)18/h5-11,16,21H,2-4H2,1H3. The molecule has 1 N–H and O–H groups in total. The number of halogens is 3. The van der Waals surface area contributed by atoms with Crippen molar-refractivity contribution in [3.05, 3.63) is 62.4 Å². The molecule has 4 heteroatoms. The average molecular weight is 418 g/mol. The highest BCUT2D eigenvalue weighted by Gasteiger charge is 2.13. The first kappa shape index (κ1) is 16.6. The zero-order valence-electron chi connectivity index (χ0n) is 11.9. The average Bonchev–Trinajstić information content (AvgIpc) is 2.46. The molecule has 0 fully saturated rings. The molecule has 0 aliphatic heterocycles. The fourth-order valence-electron chi connectivity index (χ4n) is 2.22. The third-order valence-corrected chi connectivity index (χ3v) is 4.36. The molecule has 0 amide bonds. The van der Waals surface area contributed by atoms with Gasteiger partial charge in [0.2, 0.25) is 0 Å². The molecule has 1 nitrogen and oxygen atoms in total. The maximum Gasteiger partial charge on any atom is 0.123 e. The zero-order chi connectivity index (χ0) is 15.2. The quantitative estimate of drug-likeness (QED) is 0.534. The summed E-state index contributed by atoms with van der Waals surface area (Å²) in [6.45, 7) is 2.17. The number of hydrogen-bond acceptors (Lipinski definition) is 1. The highest BCUT2D eigenvalue weighted by molar-refractivity contribution is 14.1. The third kappa shape index (κ3) is 4.85. The minimum absolute atomic E-state index is 0.142. The van der Waals surface area contributed by atoms with E-state index in [2.05, 4.69) is 34.8 Å². The molecular weight excluding hydrogens is 400 g/mol. The zero-order valence-corrected chi connectivity index (χ0v) is 14.8. The lowest BCUT2D eigenvalue weighted by atomic mass is 10.0. The van der Waals surface area contributed by atoms with E-state index in [0.29, 0.717) is 5.02 Å². The molecule has 0 bridgehead atoms. The summed E-state index contributed by atoms with van der Waals surface area (Å²) < 4.78 is 14.2. The summed E-state index contributed by atoms with van der Waals surface area (Å²) in [5, 5.41) is 4.20. The second-order valence-corrected chi connectivity index (χ2v) is 6.67. The maximum atomic E-state index is 13.1. The molecule has 0 aromatic heterocycles. The molecule has 112 valence electrons. The molecule has 0 saturated heterocycles. The molecule has 0 aliphatic rings. The van der Waals surface area contributed by atoms with Gasteiger partial charge in [-0.3, -0.25) is 0 Å². The number of unbranched alkanes of at least 4 members (excludes halogenated alkanes) is 1. The van der Waals surface area contributed by atoms with Crippen LogP contribution in [0.5, 0.6) is 0 Å². The molecule has 21 heavy (non-hydrogen) atoms. The van der Waals surface area contributed by atoms with Crippen LogP contribution in [-0.4, -0.2) is 0 Å². The lowest BCUT2D eigenvalue weighted by molar-refractivity contribution is 0.616. The minimum Gasteiger partial charge on any atom is -0.377 e. The predicted molar refractivity (Wildman–Crippen MR) is 96.5 cm³/mol. The van der Waals surface area contributed by atoms with Crippen molar-refractivity contribution in [2.24, 2.45) is 0 Å². The predicted octanol–water partition coefficient (Wildman–Crippen LogP) is 6.43. The highest BCUT2D eigenvalue weighted by atomic mass is 127.